The predicted molar refractivity (Wildman–Crippen MR) is 87.3 cm³/mol. The summed E-state index contributed by atoms with van der Waals surface area (Å²) in [6.45, 7) is 1.00. The largest absolute Gasteiger partial charge is 0.314 e. The average Bonchev–Trinajstić information content (AvgIpc) is 3.18. The van der Waals surface area contributed by atoms with Crippen LogP contribution in [0.25, 0.3) is 0 Å². The van der Waals surface area contributed by atoms with Gasteiger partial charge in [0.25, 0.3) is 0 Å². The smallest absolute Gasteiger partial charge is 0.126 e. The number of benzene rings is 1. The van der Waals surface area contributed by atoms with E-state index in [2.05, 4.69) is 22.8 Å². The Labute approximate surface area is 130 Å². The van der Waals surface area contributed by atoms with Gasteiger partial charge in [0.1, 0.15) is 5.82 Å². The second kappa shape index (κ2) is 7.19. The molecule has 0 spiro atoms. The van der Waals surface area contributed by atoms with Crippen LogP contribution in [0.1, 0.15) is 29.7 Å². The molecular formula is C18H22FNS. The number of thiophene rings is 1. The molecule has 0 amide bonds. The third kappa shape index (κ3) is 4.65. The van der Waals surface area contributed by atoms with Crippen molar-refractivity contribution in [2.45, 2.75) is 38.1 Å². The van der Waals surface area contributed by atoms with E-state index in [1.807, 2.05) is 23.5 Å². The molecule has 1 aromatic carbocycles. The molecule has 1 heterocycles. The normalized spacial score (nSPS) is 16.0. The highest BCUT2D eigenvalue weighted by Gasteiger charge is 2.22. The van der Waals surface area contributed by atoms with E-state index in [9.17, 15) is 4.39 Å². The maximum Gasteiger partial charge on any atom is 0.126 e. The minimum absolute atomic E-state index is 0.0648. The summed E-state index contributed by atoms with van der Waals surface area (Å²) in [6.07, 6.45) is 5.66. The van der Waals surface area contributed by atoms with Crippen LogP contribution in [0.15, 0.2) is 41.8 Å². The number of hydrogen-bond acceptors (Lipinski definition) is 2. The van der Waals surface area contributed by atoms with E-state index in [4.69, 9.17) is 0 Å². The standard InChI is InChI=1S/C18H22FNS/c19-18-6-2-1-4-15(18)12-14(13-20-16-8-9-16)7-10-17-5-3-11-21-17/h1-6,11,14,16,20H,7-10,12-13H2. The Bertz CT molecular complexity index is 548. The van der Waals surface area contributed by atoms with Crippen LogP contribution < -0.4 is 5.32 Å². The fourth-order valence-corrected chi connectivity index (χ4v) is 3.40. The molecule has 1 aliphatic rings. The number of aryl methyl sites for hydroxylation is 1. The summed E-state index contributed by atoms with van der Waals surface area (Å²) < 4.78 is 13.9. The van der Waals surface area contributed by atoms with Gasteiger partial charge in [0.15, 0.2) is 0 Å². The van der Waals surface area contributed by atoms with Crippen molar-refractivity contribution >= 4 is 11.3 Å². The SMILES string of the molecule is Fc1ccccc1CC(CCc1cccs1)CNC1CC1. The maximum atomic E-state index is 13.9. The topological polar surface area (TPSA) is 12.0 Å². The molecule has 112 valence electrons. The highest BCUT2D eigenvalue weighted by Crippen LogP contribution is 2.22. The third-order valence-corrected chi connectivity index (χ3v) is 5.05. The summed E-state index contributed by atoms with van der Waals surface area (Å²) >= 11 is 1.82. The van der Waals surface area contributed by atoms with Crippen LogP contribution in [0.4, 0.5) is 4.39 Å². The van der Waals surface area contributed by atoms with Crippen LogP contribution >= 0.6 is 11.3 Å². The molecular weight excluding hydrogens is 281 g/mol. The number of halogens is 1. The summed E-state index contributed by atoms with van der Waals surface area (Å²) in [4.78, 5) is 1.43. The van der Waals surface area contributed by atoms with Crippen molar-refractivity contribution < 1.29 is 4.39 Å². The highest BCUT2D eigenvalue weighted by molar-refractivity contribution is 7.09. The van der Waals surface area contributed by atoms with Crippen LogP contribution in [-0.4, -0.2) is 12.6 Å². The fourth-order valence-electron chi connectivity index (χ4n) is 2.67. The molecule has 0 bridgehead atoms. The summed E-state index contributed by atoms with van der Waals surface area (Å²) in [6, 6.07) is 12.2. The van der Waals surface area contributed by atoms with Crippen molar-refractivity contribution in [3.8, 4) is 0 Å². The quantitative estimate of drug-likeness (QED) is 0.760. The molecule has 2 aromatic rings. The van der Waals surface area contributed by atoms with E-state index in [0.717, 1.165) is 37.4 Å². The minimum Gasteiger partial charge on any atom is -0.314 e. The van der Waals surface area contributed by atoms with Gasteiger partial charge in [-0.1, -0.05) is 24.3 Å². The van der Waals surface area contributed by atoms with Gasteiger partial charge < -0.3 is 5.32 Å². The van der Waals surface area contributed by atoms with Gasteiger partial charge in [-0.15, -0.1) is 11.3 Å². The highest BCUT2D eigenvalue weighted by atomic mass is 32.1. The van der Waals surface area contributed by atoms with E-state index in [1.165, 1.54) is 17.7 Å². The first-order valence-electron chi connectivity index (χ1n) is 7.80. The van der Waals surface area contributed by atoms with Crippen LogP contribution in [0, 0.1) is 11.7 Å². The lowest BCUT2D eigenvalue weighted by molar-refractivity contribution is 0.435. The summed E-state index contributed by atoms with van der Waals surface area (Å²) in [5.41, 5.74) is 0.853. The molecule has 1 N–H and O–H groups in total. The Morgan fingerprint density at radius 3 is 2.76 bits per heavy atom. The van der Waals surface area contributed by atoms with E-state index < -0.39 is 0 Å². The van der Waals surface area contributed by atoms with Gasteiger partial charge in [0.2, 0.25) is 0 Å². The van der Waals surface area contributed by atoms with Crippen molar-refractivity contribution in [3.63, 3.8) is 0 Å². The first-order valence-corrected chi connectivity index (χ1v) is 8.68. The molecule has 1 saturated carbocycles. The van der Waals surface area contributed by atoms with Crippen molar-refractivity contribution in [2.24, 2.45) is 5.92 Å². The lowest BCUT2D eigenvalue weighted by atomic mass is 9.94. The van der Waals surface area contributed by atoms with E-state index >= 15 is 0 Å². The first-order chi connectivity index (χ1) is 10.3. The minimum atomic E-state index is -0.0648. The van der Waals surface area contributed by atoms with Gasteiger partial charge in [-0.3, -0.25) is 0 Å². The van der Waals surface area contributed by atoms with E-state index in [1.54, 1.807) is 12.1 Å². The molecule has 0 saturated heterocycles. The van der Waals surface area contributed by atoms with E-state index in [-0.39, 0.29) is 5.82 Å². The van der Waals surface area contributed by atoms with Crippen LogP contribution in [0.3, 0.4) is 0 Å². The molecule has 1 aromatic heterocycles. The predicted octanol–water partition coefficient (Wildman–Crippen LogP) is 4.43. The zero-order valence-corrected chi connectivity index (χ0v) is 13.0. The monoisotopic (exact) mass is 303 g/mol. The van der Waals surface area contributed by atoms with Gasteiger partial charge in [-0.2, -0.15) is 0 Å². The Kier molecular flexibility index (Phi) is 5.04. The Morgan fingerprint density at radius 2 is 2.05 bits per heavy atom. The first kappa shape index (κ1) is 14.7. The molecule has 0 radical (unpaired) electrons. The summed E-state index contributed by atoms with van der Waals surface area (Å²) in [7, 11) is 0. The Morgan fingerprint density at radius 1 is 1.19 bits per heavy atom. The van der Waals surface area contributed by atoms with E-state index in [0.29, 0.717) is 5.92 Å². The van der Waals surface area contributed by atoms with Crippen molar-refractivity contribution in [3.05, 3.63) is 58.0 Å². The number of hydrogen-bond donors (Lipinski definition) is 1. The third-order valence-electron chi connectivity index (χ3n) is 4.12. The number of rotatable bonds is 8. The van der Waals surface area contributed by atoms with Gasteiger partial charge in [-0.05, 0) is 67.6 Å². The van der Waals surface area contributed by atoms with Crippen LogP contribution in [0.2, 0.25) is 0 Å². The molecule has 1 unspecified atom stereocenters. The molecule has 0 aliphatic heterocycles. The fraction of sp³-hybridized carbons (Fsp3) is 0.444. The molecule has 1 atom stereocenters. The lowest BCUT2D eigenvalue weighted by Gasteiger charge is -2.18. The molecule has 1 aliphatic carbocycles. The van der Waals surface area contributed by atoms with Crippen LogP contribution in [-0.2, 0) is 12.8 Å². The molecule has 1 fully saturated rings. The van der Waals surface area contributed by atoms with Gasteiger partial charge in [0, 0.05) is 10.9 Å². The number of nitrogens with one attached hydrogen (secondary N) is 1. The Balaban J connectivity index is 1.58. The van der Waals surface area contributed by atoms with Crippen LogP contribution in [0.5, 0.6) is 0 Å². The van der Waals surface area contributed by atoms with Gasteiger partial charge in [-0.25, -0.2) is 4.39 Å². The molecule has 3 rings (SSSR count). The zero-order chi connectivity index (χ0) is 14.5. The average molecular weight is 303 g/mol. The zero-order valence-electron chi connectivity index (χ0n) is 12.2. The van der Waals surface area contributed by atoms with Gasteiger partial charge in [0.05, 0.1) is 0 Å². The second-order valence-electron chi connectivity index (χ2n) is 5.96. The van der Waals surface area contributed by atoms with Crippen molar-refractivity contribution in [2.75, 3.05) is 6.54 Å². The molecule has 1 nitrogen and oxygen atoms in total. The van der Waals surface area contributed by atoms with Crippen molar-refractivity contribution in [1.29, 1.82) is 0 Å². The van der Waals surface area contributed by atoms with Gasteiger partial charge >= 0.3 is 0 Å². The van der Waals surface area contributed by atoms with Crippen molar-refractivity contribution in [1.82, 2.24) is 5.32 Å². The Hall–Kier alpha value is -1.19. The summed E-state index contributed by atoms with van der Waals surface area (Å²) in [5, 5.41) is 5.74. The second-order valence-corrected chi connectivity index (χ2v) is 6.99. The summed E-state index contributed by atoms with van der Waals surface area (Å²) in [5.74, 6) is 0.439. The maximum absolute atomic E-state index is 13.9. The lowest BCUT2D eigenvalue weighted by Crippen LogP contribution is -2.26. The molecule has 21 heavy (non-hydrogen) atoms. The molecule has 3 heteroatoms.